The maximum atomic E-state index is 3.55. The van der Waals surface area contributed by atoms with Gasteiger partial charge in [0.1, 0.15) is 0 Å². The second kappa shape index (κ2) is 4.94. The van der Waals surface area contributed by atoms with Gasteiger partial charge in [0.2, 0.25) is 0 Å². The van der Waals surface area contributed by atoms with Gasteiger partial charge >= 0.3 is 0 Å². The predicted octanol–water partition coefficient (Wildman–Crippen LogP) is 3.83. The van der Waals surface area contributed by atoms with Gasteiger partial charge in [0, 0.05) is 6.04 Å². The average Bonchev–Trinajstić information content (AvgIpc) is 2.53. The van der Waals surface area contributed by atoms with Crippen molar-refractivity contribution in [2.75, 3.05) is 6.54 Å². The third-order valence-electron chi connectivity index (χ3n) is 2.37. The Morgan fingerprint density at radius 3 is 2.64 bits per heavy atom. The zero-order valence-electron chi connectivity index (χ0n) is 9.63. The molecule has 0 aliphatic heterocycles. The molecule has 0 fully saturated rings. The number of hydrogen-bond acceptors (Lipinski definition) is 2. The molecule has 1 rings (SSSR count). The van der Waals surface area contributed by atoms with Crippen LogP contribution in [0.5, 0.6) is 0 Å². The van der Waals surface area contributed by atoms with Crippen LogP contribution in [0.4, 0.5) is 0 Å². The Kier molecular flexibility index (Phi) is 4.14. The molecule has 0 aliphatic rings. The molecular weight excluding hydrogens is 190 g/mol. The minimum Gasteiger partial charge on any atom is -0.310 e. The number of thiophene rings is 1. The van der Waals surface area contributed by atoms with E-state index in [9.17, 15) is 0 Å². The largest absolute Gasteiger partial charge is 0.310 e. The summed E-state index contributed by atoms with van der Waals surface area (Å²) in [5.41, 5.74) is 1.84. The Morgan fingerprint density at radius 1 is 1.43 bits per heavy atom. The number of rotatable bonds is 4. The van der Waals surface area contributed by atoms with E-state index in [1.165, 1.54) is 12.0 Å². The molecule has 0 radical (unpaired) electrons. The molecule has 0 aliphatic carbocycles. The first-order valence-corrected chi connectivity index (χ1v) is 6.19. The van der Waals surface area contributed by atoms with Crippen molar-refractivity contribution in [1.82, 2.24) is 5.32 Å². The summed E-state index contributed by atoms with van der Waals surface area (Å²) >= 11 is 1.77. The Hall–Kier alpha value is -0.340. The predicted molar refractivity (Wildman–Crippen MR) is 64.8 cm³/mol. The van der Waals surface area contributed by atoms with Gasteiger partial charge in [0.05, 0.1) is 0 Å². The molecule has 1 aromatic rings. The zero-order chi connectivity index (χ0) is 10.6. The van der Waals surface area contributed by atoms with E-state index in [-0.39, 0.29) is 0 Å². The molecule has 0 bridgehead atoms. The van der Waals surface area contributed by atoms with Gasteiger partial charge in [-0.25, -0.2) is 0 Å². The number of hydrogen-bond donors (Lipinski definition) is 1. The second-order valence-corrected chi connectivity index (χ2v) is 5.82. The van der Waals surface area contributed by atoms with Crippen molar-refractivity contribution in [3.63, 3.8) is 0 Å². The van der Waals surface area contributed by atoms with Crippen LogP contribution in [0.25, 0.3) is 0 Å². The molecule has 1 N–H and O–H groups in total. The van der Waals surface area contributed by atoms with Crippen molar-refractivity contribution in [3.8, 4) is 0 Å². The summed E-state index contributed by atoms with van der Waals surface area (Å²) in [6, 6.07) is 2.68. The van der Waals surface area contributed by atoms with Crippen LogP contribution in [0.15, 0.2) is 16.8 Å². The maximum Gasteiger partial charge on any atom is 0.0300 e. The summed E-state index contributed by atoms with van der Waals surface area (Å²) in [5.74, 6) is 0. The lowest BCUT2D eigenvalue weighted by atomic mass is 9.92. The Bertz CT molecular complexity index is 246. The van der Waals surface area contributed by atoms with E-state index >= 15 is 0 Å². The quantitative estimate of drug-likeness (QED) is 0.798. The van der Waals surface area contributed by atoms with Crippen LogP contribution < -0.4 is 5.32 Å². The van der Waals surface area contributed by atoms with E-state index in [0.29, 0.717) is 11.5 Å². The van der Waals surface area contributed by atoms with Crippen LogP contribution in [0.3, 0.4) is 0 Å². The summed E-state index contributed by atoms with van der Waals surface area (Å²) in [4.78, 5) is 0. The molecule has 0 aromatic carbocycles. The van der Waals surface area contributed by atoms with E-state index < -0.39 is 0 Å². The molecule has 0 saturated carbocycles. The van der Waals surface area contributed by atoms with E-state index in [0.717, 1.165) is 6.54 Å². The highest BCUT2D eigenvalue weighted by molar-refractivity contribution is 7.07. The summed E-state index contributed by atoms with van der Waals surface area (Å²) in [7, 11) is 0. The maximum absolute atomic E-state index is 3.55. The monoisotopic (exact) mass is 211 g/mol. The van der Waals surface area contributed by atoms with Gasteiger partial charge in [-0.1, -0.05) is 20.8 Å². The van der Waals surface area contributed by atoms with E-state index in [4.69, 9.17) is 0 Å². The summed E-state index contributed by atoms with van der Waals surface area (Å²) in [6.07, 6.45) is 1.22. The molecule has 2 heteroatoms. The van der Waals surface area contributed by atoms with Gasteiger partial charge in [-0.2, -0.15) is 11.3 Å². The fourth-order valence-electron chi connectivity index (χ4n) is 1.30. The Morgan fingerprint density at radius 2 is 2.14 bits per heavy atom. The van der Waals surface area contributed by atoms with Crippen LogP contribution in [-0.4, -0.2) is 6.54 Å². The van der Waals surface area contributed by atoms with Gasteiger partial charge < -0.3 is 5.32 Å². The highest BCUT2D eigenvalue weighted by Crippen LogP contribution is 2.19. The van der Waals surface area contributed by atoms with Crippen LogP contribution >= 0.6 is 11.3 Å². The van der Waals surface area contributed by atoms with E-state index in [1.54, 1.807) is 11.3 Å². The Labute approximate surface area is 91.5 Å². The third-order valence-corrected chi connectivity index (χ3v) is 3.07. The third kappa shape index (κ3) is 4.25. The second-order valence-electron chi connectivity index (χ2n) is 5.04. The fourth-order valence-corrected chi connectivity index (χ4v) is 2.06. The molecule has 1 atom stereocenters. The SMILES string of the molecule is CC(NCCC(C)(C)C)c1ccsc1. The highest BCUT2D eigenvalue weighted by atomic mass is 32.1. The van der Waals surface area contributed by atoms with Gasteiger partial charge in [0.25, 0.3) is 0 Å². The first kappa shape index (κ1) is 11.7. The van der Waals surface area contributed by atoms with Gasteiger partial charge in [-0.05, 0) is 47.7 Å². The van der Waals surface area contributed by atoms with Crippen molar-refractivity contribution in [1.29, 1.82) is 0 Å². The topological polar surface area (TPSA) is 12.0 Å². The summed E-state index contributed by atoms with van der Waals surface area (Å²) in [6.45, 7) is 10.2. The fraction of sp³-hybridized carbons (Fsp3) is 0.667. The van der Waals surface area contributed by atoms with Crippen molar-refractivity contribution >= 4 is 11.3 Å². The average molecular weight is 211 g/mol. The van der Waals surface area contributed by atoms with Crippen molar-refractivity contribution < 1.29 is 0 Å². The number of nitrogens with one attached hydrogen (secondary N) is 1. The zero-order valence-corrected chi connectivity index (χ0v) is 10.4. The Balaban J connectivity index is 2.26. The molecule has 1 aromatic heterocycles. The van der Waals surface area contributed by atoms with E-state index in [1.807, 2.05) is 0 Å². The van der Waals surface area contributed by atoms with Crippen LogP contribution in [0.1, 0.15) is 45.7 Å². The molecule has 0 amide bonds. The standard InChI is InChI=1S/C12H21NS/c1-10(11-5-8-14-9-11)13-7-6-12(2,3)4/h5,8-10,13H,6-7H2,1-4H3. The molecule has 1 unspecified atom stereocenters. The van der Waals surface area contributed by atoms with E-state index in [2.05, 4.69) is 49.8 Å². The first-order valence-electron chi connectivity index (χ1n) is 5.24. The molecule has 0 spiro atoms. The summed E-state index contributed by atoms with van der Waals surface area (Å²) in [5, 5.41) is 7.90. The minimum absolute atomic E-state index is 0.432. The van der Waals surface area contributed by atoms with Gasteiger partial charge in [-0.3, -0.25) is 0 Å². The summed E-state index contributed by atoms with van der Waals surface area (Å²) < 4.78 is 0. The van der Waals surface area contributed by atoms with Crippen molar-refractivity contribution in [2.24, 2.45) is 5.41 Å². The minimum atomic E-state index is 0.432. The lowest BCUT2D eigenvalue weighted by Crippen LogP contribution is -2.23. The molecule has 0 saturated heterocycles. The molecule has 1 nitrogen and oxygen atoms in total. The molecule has 80 valence electrons. The van der Waals surface area contributed by atoms with Gasteiger partial charge in [-0.15, -0.1) is 0 Å². The van der Waals surface area contributed by atoms with Crippen LogP contribution in [0, 0.1) is 5.41 Å². The first-order chi connectivity index (χ1) is 6.49. The van der Waals surface area contributed by atoms with Crippen LogP contribution in [0.2, 0.25) is 0 Å². The molecule has 14 heavy (non-hydrogen) atoms. The highest BCUT2D eigenvalue weighted by Gasteiger charge is 2.10. The van der Waals surface area contributed by atoms with Crippen LogP contribution in [-0.2, 0) is 0 Å². The lowest BCUT2D eigenvalue weighted by molar-refractivity contribution is 0.358. The lowest BCUT2D eigenvalue weighted by Gasteiger charge is -2.20. The van der Waals surface area contributed by atoms with Gasteiger partial charge in [0.15, 0.2) is 0 Å². The normalized spacial score (nSPS) is 14.3. The molecular formula is C12H21NS. The van der Waals surface area contributed by atoms with Crippen molar-refractivity contribution in [3.05, 3.63) is 22.4 Å². The smallest absolute Gasteiger partial charge is 0.0300 e. The van der Waals surface area contributed by atoms with Crippen molar-refractivity contribution in [2.45, 2.75) is 40.2 Å². The molecule has 1 heterocycles.